The Hall–Kier alpha value is -2.12. The average Bonchev–Trinajstić information content (AvgIpc) is 2.36. The second-order valence-electron chi connectivity index (χ2n) is 4.81. The zero-order valence-corrected chi connectivity index (χ0v) is 11.5. The average molecular weight is 321 g/mol. The summed E-state index contributed by atoms with van der Waals surface area (Å²) in [4.78, 5) is 3.23. The van der Waals surface area contributed by atoms with Gasteiger partial charge in [0.25, 0.3) is 5.69 Å². The highest BCUT2D eigenvalue weighted by Crippen LogP contribution is 2.30. The van der Waals surface area contributed by atoms with Gasteiger partial charge in [0, 0.05) is 29.5 Å². The molecule has 2 nitrogen and oxygen atoms in total. The molecular formula is C14H11F6N2+. The third-order valence-electron chi connectivity index (χ3n) is 3.01. The Labute approximate surface area is 122 Å². The Morgan fingerprint density at radius 1 is 0.955 bits per heavy atom. The molecule has 0 saturated heterocycles. The highest BCUT2D eigenvalue weighted by Gasteiger charge is 2.42. The Morgan fingerprint density at radius 2 is 1.59 bits per heavy atom. The number of hydrogen-bond donors (Lipinski definition) is 0. The SMILES string of the molecule is Cc1ccc(C(F)(F)F)[n+](-c2cc(C(F)(F)F)ncc2C)c1. The van der Waals surface area contributed by atoms with Gasteiger partial charge in [-0.15, -0.1) is 0 Å². The van der Waals surface area contributed by atoms with Crippen LogP contribution in [0.3, 0.4) is 0 Å². The van der Waals surface area contributed by atoms with Crippen molar-refractivity contribution in [1.29, 1.82) is 0 Å². The first kappa shape index (κ1) is 16.3. The van der Waals surface area contributed by atoms with E-state index in [-0.39, 0.29) is 11.3 Å². The molecule has 0 spiro atoms. The summed E-state index contributed by atoms with van der Waals surface area (Å²) in [6.07, 6.45) is -7.37. The quantitative estimate of drug-likeness (QED) is 0.573. The Balaban J connectivity index is 2.74. The van der Waals surface area contributed by atoms with Crippen LogP contribution >= 0.6 is 0 Å². The number of halogens is 6. The van der Waals surface area contributed by atoms with Crippen LogP contribution in [0.4, 0.5) is 26.3 Å². The van der Waals surface area contributed by atoms with Crippen molar-refractivity contribution in [2.75, 3.05) is 0 Å². The van der Waals surface area contributed by atoms with Crippen LogP contribution in [0, 0.1) is 13.8 Å². The molecule has 0 bridgehead atoms. The zero-order chi connectivity index (χ0) is 16.7. The number of aromatic nitrogens is 2. The first-order valence-electron chi connectivity index (χ1n) is 6.14. The van der Waals surface area contributed by atoms with Gasteiger partial charge in [-0.05, 0) is 19.9 Å². The molecule has 2 heterocycles. The summed E-state index contributed by atoms with van der Waals surface area (Å²) in [7, 11) is 0. The lowest BCUT2D eigenvalue weighted by atomic mass is 10.1. The summed E-state index contributed by atoms with van der Waals surface area (Å²) < 4.78 is 78.1. The van der Waals surface area contributed by atoms with Gasteiger partial charge >= 0.3 is 12.4 Å². The predicted octanol–water partition coefficient (Wildman–Crippen LogP) is 4.01. The molecule has 0 radical (unpaired) electrons. The third kappa shape index (κ3) is 3.20. The minimum atomic E-state index is -4.73. The summed E-state index contributed by atoms with van der Waals surface area (Å²) in [6, 6.07) is 2.70. The molecule has 0 N–H and O–H groups in total. The lowest BCUT2D eigenvalue weighted by Crippen LogP contribution is -2.41. The van der Waals surface area contributed by atoms with Gasteiger partial charge < -0.3 is 0 Å². The fourth-order valence-corrected chi connectivity index (χ4v) is 1.96. The molecule has 8 heteroatoms. The van der Waals surface area contributed by atoms with Crippen molar-refractivity contribution >= 4 is 0 Å². The number of aryl methyl sites for hydroxylation is 2. The van der Waals surface area contributed by atoms with Crippen molar-refractivity contribution in [3.8, 4) is 5.69 Å². The maximum Gasteiger partial charge on any atom is 0.477 e. The van der Waals surface area contributed by atoms with E-state index < -0.39 is 23.7 Å². The highest BCUT2D eigenvalue weighted by atomic mass is 19.4. The number of hydrogen-bond acceptors (Lipinski definition) is 1. The van der Waals surface area contributed by atoms with Crippen molar-refractivity contribution in [1.82, 2.24) is 4.98 Å². The van der Waals surface area contributed by atoms with E-state index in [0.717, 1.165) is 18.5 Å². The third-order valence-corrected chi connectivity index (χ3v) is 3.01. The summed E-state index contributed by atoms with van der Waals surface area (Å²) in [5.74, 6) is 0. The lowest BCUT2D eigenvalue weighted by Gasteiger charge is -2.11. The second kappa shape index (κ2) is 5.26. The fraction of sp³-hybridized carbons (Fsp3) is 0.286. The molecule has 0 aliphatic heterocycles. The number of rotatable bonds is 1. The van der Waals surface area contributed by atoms with E-state index in [1.165, 1.54) is 13.0 Å². The van der Waals surface area contributed by atoms with Gasteiger partial charge in [-0.25, -0.2) is 0 Å². The maximum atomic E-state index is 13.1. The predicted molar refractivity (Wildman–Crippen MR) is 65.2 cm³/mol. The zero-order valence-electron chi connectivity index (χ0n) is 11.5. The summed E-state index contributed by atoms with van der Waals surface area (Å²) in [6.45, 7) is 2.95. The Morgan fingerprint density at radius 3 is 2.14 bits per heavy atom. The Kier molecular flexibility index (Phi) is 3.88. The number of pyridine rings is 2. The normalized spacial score (nSPS) is 12.5. The maximum absolute atomic E-state index is 13.1. The molecule has 0 atom stereocenters. The minimum Gasteiger partial charge on any atom is -0.251 e. The van der Waals surface area contributed by atoms with Crippen molar-refractivity contribution in [2.24, 2.45) is 0 Å². The van der Waals surface area contributed by atoms with Crippen molar-refractivity contribution in [2.45, 2.75) is 26.2 Å². The van der Waals surface area contributed by atoms with Crippen molar-refractivity contribution in [3.63, 3.8) is 0 Å². The molecule has 118 valence electrons. The Bertz CT molecular complexity index is 703. The van der Waals surface area contributed by atoms with Gasteiger partial charge in [0.15, 0.2) is 11.9 Å². The van der Waals surface area contributed by atoms with Crippen LogP contribution in [0.5, 0.6) is 0 Å². The van der Waals surface area contributed by atoms with E-state index >= 15 is 0 Å². The molecule has 0 fully saturated rings. The van der Waals surface area contributed by atoms with E-state index in [1.54, 1.807) is 6.92 Å². The molecule has 0 aliphatic rings. The molecule has 2 aromatic rings. The van der Waals surface area contributed by atoms with Crippen molar-refractivity contribution in [3.05, 3.63) is 53.1 Å². The lowest BCUT2D eigenvalue weighted by molar-refractivity contribution is -0.621. The van der Waals surface area contributed by atoms with Gasteiger partial charge in [0.05, 0.1) is 0 Å². The number of nitrogens with zero attached hydrogens (tertiary/aromatic N) is 2. The molecule has 0 amide bonds. The highest BCUT2D eigenvalue weighted by molar-refractivity contribution is 5.34. The molecule has 0 unspecified atom stereocenters. The van der Waals surface area contributed by atoms with Crippen LogP contribution in [0.15, 0.2) is 30.6 Å². The monoisotopic (exact) mass is 321 g/mol. The van der Waals surface area contributed by atoms with Crippen LogP contribution in [-0.4, -0.2) is 4.98 Å². The topological polar surface area (TPSA) is 16.8 Å². The molecule has 22 heavy (non-hydrogen) atoms. The molecule has 2 rings (SSSR count). The van der Waals surface area contributed by atoms with Crippen LogP contribution in [0.1, 0.15) is 22.5 Å². The largest absolute Gasteiger partial charge is 0.477 e. The van der Waals surface area contributed by atoms with E-state index in [1.807, 2.05) is 0 Å². The van der Waals surface area contributed by atoms with Gasteiger partial charge in [-0.2, -0.15) is 30.9 Å². The van der Waals surface area contributed by atoms with E-state index in [2.05, 4.69) is 4.98 Å². The summed E-state index contributed by atoms with van der Waals surface area (Å²) in [5.41, 5.74) is -1.82. The molecule has 0 saturated carbocycles. The van der Waals surface area contributed by atoms with Crippen LogP contribution in [0.2, 0.25) is 0 Å². The van der Waals surface area contributed by atoms with Gasteiger partial charge in [0.1, 0.15) is 0 Å². The standard InChI is InChI=1S/C14H11F6N2/c1-8-3-4-12(14(18,19)20)22(7-8)10-5-11(13(15,16)17)21-6-9(10)2/h3-7H,1-2H3/q+1. The summed E-state index contributed by atoms with van der Waals surface area (Å²) in [5, 5.41) is 0. The molecular weight excluding hydrogens is 310 g/mol. The minimum absolute atomic E-state index is 0.203. The van der Waals surface area contributed by atoms with Crippen LogP contribution < -0.4 is 4.57 Å². The van der Waals surface area contributed by atoms with Crippen LogP contribution in [-0.2, 0) is 12.4 Å². The molecule has 2 aromatic heterocycles. The molecule has 0 aromatic carbocycles. The van der Waals surface area contributed by atoms with Gasteiger partial charge in [-0.3, -0.25) is 4.98 Å². The van der Waals surface area contributed by atoms with Gasteiger partial charge in [0.2, 0.25) is 5.69 Å². The van der Waals surface area contributed by atoms with Crippen LogP contribution in [0.25, 0.3) is 5.69 Å². The number of alkyl halides is 6. The van der Waals surface area contributed by atoms with E-state index in [0.29, 0.717) is 16.2 Å². The van der Waals surface area contributed by atoms with Crippen molar-refractivity contribution < 1.29 is 30.9 Å². The second-order valence-corrected chi connectivity index (χ2v) is 4.81. The smallest absolute Gasteiger partial charge is 0.251 e. The summed E-state index contributed by atoms with van der Waals surface area (Å²) >= 11 is 0. The van der Waals surface area contributed by atoms with E-state index in [4.69, 9.17) is 0 Å². The first-order valence-corrected chi connectivity index (χ1v) is 6.14. The van der Waals surface area contributed by atoms with E-state index in [9.17, 15) is 26.3 Å². The fourth-order valence-electron chi connectivity index (χ4n) is 1.96. The molecule has 0 aliphatic carbocycles. The first-order chi connectivity index (χ1) is 10.00. The van der Waals surface area contributed by atoms with Gasteiger partial charge in [-0.1, -0.05) is 0 Å².